The fourth-order valence-electron chi connectivity index (χ4n) is 0.631. The minimum Gasteiger partial charge on any atom is -0.298 e. The Hall–Kier alpha value is -0.0400. The third-order valence-corrected chi connectivity index (χ3v) is 1.76. The molecule has 0 spiro atoms. The molecule has 54 valence electrons. The van der Waals surface area contributed by atoms with Gasteiger partial charge in [0.2, 0.25) is 0 Å². The largest absolute Gasteiger partial charge is 0.298 e. The van der Waals surface area contributed by atoms with Crippen molar-refractivity contribution in [2.75, 3.05) is 0 Å². The molecule has 0 rings (SSSR count). The van der Waals surface area contributed by atoms with Gasteiger partial charge in [0.05, 0.1) is 5.38 Å². The summed E-state index contributed by atoms with van der Waals surface area (Å²) in [6.45, 7) is 3.91. The second kappa shape index (κ2) is 4.80. The smallest absolute Gasteiger partial charge is 0.150 e. The number of hydrogen-bond donors (Lipinski definition) is 0. The lowest BCUT2D eigenvalue weighted by Gasteiger charge is -2.01. The van der Waals surface area contributed by atoms with Crippen LogP contribution in [0.25, 0.3) is 0 Å². The van der Waals surface area contributed by atoms with E-state index in [1.165, 1.54) is 0 Å². The fraction of sp³-hybridized carbons (Fsp3) is 0.857. The van der Waals surface area contributed by atoms with E-state index in [1.54, 1.807) is 0 Å². The SMILES string of the molecule is CCCC(=O)[C@H](Cl)CC. The molecule has 9 heavy (non-hydrogen) atoms. The van der Waals surface area contributed by atoms with E-state index in [-0.39, 0.29) is 11.2 Å². The Morgan fingerprint density at radius 2 is 2.11 bits per heavy atom. The molecule has 0 aromatic carbocycles. The van der Waals surface area contributed by atoms with Gasteiger partial charge in [0.15, 0.2) is 5.78 Å². The van der Waals surface area contributed by atoms with Crippen LogP contribution in [0.2, 0.25) is 0 Å². The van der Waals surface area contributed by atoms with Crippen molar-refractivity contribution in [3.8, 4) is 0 Å². The van der Waals surface area contributed by atoms with Crippen molar-refractivity contribution >= 4 is 17.4 Å². The van der Waals surface area contributed by atoms with Gasteiger partial charge in [-0.25, -0.2) is 0 Å². The van der Waals surface area contributed by atoms with E-state index < -0.39 is 0 Å². The predicted molar refractivity (Wildman–Crippen MR) is 39.8 cm³/mol. The minimum atomic E-state index is -0.245. The molecule has 2 heteroatoms. The summed E-state index contributed by atoms with van der Waals surface area (Å²) in [4.78, 5) is 10.8. The van der Waals surface area contributed by atoms with Gasteiger partial charge in [-0.05, 0) is 12.8 Å². The van der Waals surface area contributed by atoms with Crippen molar-refractivity contribution < 1.29 is 4.79 Å². The molecule has 1 atom stereocenters. The molecule has 0 aliphatic rings. The molecule has 0 aliphatic heterocycles. The van der Waals surface area contributed by atoms with Gasteiger partial charge in [0.25, 0.3) is 0 Å². The summed E-state index contributed by atoms with van der Waals surface area (Å²) in [5, 5.41) is -0.245. The second-order valence-corrected chi connectivity index (χ2v) is 2.62. The molecule has 0 heterocycles. The lowest BCUT2D eigenvalue weighted by Crippen LogP contribution is -2.11. The molecule has 0 radical (unpaired) electrons. The molecular weight excluding hydrogens is 136 g/mol. The minimum absolute atomic E-state index is 0.182. The van der Waals surface area contributed by atoms with Gasteiger partial charge in [-0.1, -0.05) is 13.8 Å². The van der Waals surface area contributed by atoms with Crippen molar-refractivity contribution in [2.45, 2.75) is 38.5 Å². The van der Waals surface area contributed by atoms with Gasteiger partial charge >= 0.3 is 0 Å². The van der Waals surface area contributed by atoms with Crippen molar-refractivity contribution in [3.05, 3.63) is 0 Å². The number of ketones is 1. The molecule has 0 saturated carbocycles. The van der Waals surface area contributed by atoms with Crippen LogP contribution < -0.4 is 0 Å². The Balaban J connectivity index is 3.46. The fourth-order valence-corrected chi connectivity index (χ4v) is 0.740. The summed E-state index contributed by atoms with van der Waals surface area (Å²) in [5.41, 5.74) is 0. The second-order valence-electron chi connectivity index (χ2n) is 2.09. The molecule has 0 bridgehead atoms. The number of Topliss-reactive ketones (excluding diaryl/α,β-unsaturated/α-hetero) is 1. The van der Waals surface area contributed by atoms with Gasteiger partial charge in [-0.15, -0.1) is 11.6 Å². The third kappa shape index (κ3) is 3.52. The summed E-state index contributed by atoms with van der Waals surface area (Å²) in [5.74, 6) is 0.182. The highest BCUT2D eigenvalue weighted by atomic mass is 35.5. The molecule has 0 aromatic rings. The van der Waals surface area contributed by atoms with Gasteiger partial charge < -0.3 is 0 Å². The molecule has 0 aromatic heterocycles. The van der Waals surface area contributed by atoms with Crippen LogP contribution in [0, 0.1) is 0 Å². The summed E-state index contributed by atoms with van der Waals surface area (Å²) in [7, 11) is 0. The number of halogens is 1. The molecule has 0 fully saturated rings. The van der Waals surface area contributed by atoms with Crippen LogP contribution >= 0.6 is 11.6 Å². The molecule has 1 nitrogen and oxygen atoms in total. The molecular formula is C7H13ClO. The standard InChI is InChI=1S/C7H13ClO/c1-3-5-7(9)6(8)4-2/h6H,3-5H2,1-2H3/t6-/m1/s1. The Morgan fingerprint density at radius 1 is 1.56 bits per heavy atom. The average Bonchev–Trinajstić information content (AvgIpc) is 1.87. The first-order valence-corrected chi connectivity index (χ1v) is 3.82. The zero-order valence-corrected chi connectivity index (χ0v) is 6.74. The molecule has 0 N–H and O–H groups in total. The van der Waals surface area contributed by atoms with Crippen LogP contribution in [0.3, 0.4) is 0 Å². The van der Waals surface area contributed by atoms with E-state index >= 15 is 0 Å². The van der Waals surface area contributed by atoms with Crippen LogP contribution in [0.5, 0.6) is 0 Å². The number of alkyl halides is 1. The van der Waals surface area contributed by atoms with Gasteiger partial charge in [-0.2, -0.15) is 0 Å². The van der Waals surface area contributed by atoms with Crippen LogP contribution in [0.4, 0.5) is 0 Å². The zero-order valence-electron chi connectivity index (χ0n) is 5.98. The van der Waals surface area contributed by atoms with Crippen molar-refractivity contribution in [1.82, 2.24) is 0 Å². The Kier molecular flexibility index (Phi) is 4.78. The van der Waals surface area contributed by atoms with E-state index in [1.807, 2.05) is 13.8 Å². The molecule has 0 aliphatic carbocycles. The van der Waals surface area contributed by atoms with E-state index in [4.69, 9.17) is 11.6 Å². The van der Waals surface area contributed by atoms with Crippen LogP contribution in [-0.2, 0) is 4.79 Å². The first-order valence-electron chi connectivity index (χ1n) is 3.39. The van der Waals surface area contributed by atoms with E-state index in [9.17, 15) is 4.79 Å². The lowest BCUT2D eigenvalue weighted by atomic mass is 10.1. The maximum absolute atomic E-state index is 10.8. The summed E-state index contributed by atoms with van der Waals surface area (Å²) < 4.78 is 0. The first-order chi connectivity index (χ1) is 4.22. The number of rotatable bonds is 4. The maximum atomic E-state index is 10.8. The van der Waals surface area contributed by atoms with E-state index in [0.29, 0.717) is 6.42 Å². The first kappa shape index (κ1) is 8.96. The number of carbonyl (C=O) groups excluding carboxylic acids is 1. The zero-order chi connectivity index (χ0) is 7.28. The predicted octanol–water partition coefficient (Wildman–Crippen LogP) is 2.37. The average molecular weight is 149 g/mol. The Morgan fingerprint density at radius 3 is 2.44 bits per heavy atom. The molecule has 0 amide bonds. The van der Waals surface area contributed by atoms with Gasteiger partial charge in [-0.3, -0.25) is 4.79 Å². The summed E-state index contributed by atoms with van der Waals surface area (Å²) in [6, 6.07) is 0. The molecule has 0 unspecified atom stereocenters. The van der Waals surface area contributed by atoms with Gasteiger partial charge in [0.1, 0.15) is 0 Å². The summed E-state index contributed by atoms with van der Waals surface area (Å²) >= 11 is 5.64. The molecule has 0 saturated heterocycles. The Labute approximate surface area is 61.4 Å². The monoisotopic (exact) mass is 148 g/mol. The third-order valence-electron chi connectivity index (χ3n) is 1.20. The highest BCUT2D eigenvalue weighted by Gasteiger charge is 2.10. The maximum Gasteiger partial charge on any atom is 0.150 e. The normalized spacial score (nSPS) is 13.2. The van der Waals surface area contributed by atoms with Gasteiger partial charge in [0, 0.05) is 6.42 Å². The van der Waals surface area contributed by atoms with Crippen LogP contribution in [0.1, 0.15) is 33.1 Å². The van der Waals surface area contributed by atoms with E-state index in [0.717, 1.165) is 12.8 Å². The van der Waals surface area contributed by atoms with Crippen molar-refractivity contribution in [2.24, 2.45) is 0 Å². The topological polar surface area (TPSA) is 17.1 Å². The number of hydrogen-bond acceptors (Lipinski definition) is 1. The highest BCUT2D eigenvalue weighted by Crippen LogP contribution is 2.05. The summed E-state index contributed by atoms with van der Waals surface area (Å²) in [6.07, 6.45) is 2.28. The van der Waals surface area contributed by atoms with E-state index in [2.05, 4.69) is 0 Å². The highest BCUT2D eigenvalue weighted by molar-refractivity contribution is 6.31. The van der Waals surface area contributed by atoms with Crippen LogP contribution in [0.15, 0.2) is 0 Å². The van der Waals surface area contributed by atoms with Crippen molar-refractivity contribution in [1.29, 1.82) is 0 Å². The quantitative estimate of drug-likeness (QED) is 0.560. The Bertz CT molecular complexity index is 90.9. The van der Waals surface area contributed by atoms with Crippen LogP contribution in [-0.4, -0.2) is 11.2 Å². The van der Waals surface area contributed by atoms with Crippen molar-refractivity contribution in [3.63, 3.8) is 0 Å². The number of carbonyl (C=O) groups is 1. The lowest BCUT2D eigenvalue weighted by molar-refractivity contribution is -0.118.